The third-order valence-corrected chi connectivity index (χ3v) is 5.20. The van der Waals surface area contributed by atoms with Crippen LogP contribution in [-0.4, -0.2) is 33.6 Å². The molecule has 4 heteroatoms. The lowest BCUT2D eigenvalue weighted by molar-refractivity contribution is 0.203. The number of fused-ring (bicyclic) bond motifs is 3. The van der Waals surface area contributed by atoms with Crippen LogP contribution in [0.1, 0.15) is 32.5 Å². The fraction of sp³-hybridized carbons (Fsp3) is 0.450. The molecule has 3 aromatic rings. The summed E-state index contributed by atoms with van der Waals surface area (Å²) < 4.78 is 7.95. The molecule has 0 radical (unpaired) electrons. The summed E-state index contributed by atoms with van der Waals surface area (Å²) in [6, 6.07) is 11.0. The molecule has 1 aliphatic heterocycles. The third kappa shape index (κ3) is 2.75. The Hall–Kier alpha value is -2.07. The van der Waals surface area contributed by atoms with Crippen molar-refractivity contribution in [1.29, 1.82) is 0 Å². The maximum absolute atomic E-state index is 5.55. The Morgan fingerprint density at radius 2 is 2.12 bits per heavy atom. The maximum Gasteiger partial charge on any atom is 0.133 e. The second-order valence-electron chi connectivity index (χ2n) is 6.78. The van der Waals surface area contributed by atoms with Gasteiger partial charge in [0.1, 0.15) is 11.6 Å². The summed E-state index contributed by atoms with van der Waals surface area (Å²) in [7, 11) is 0. The van der Waals surface area contributed by atoms with Crippen molar-refractivity contribution >= 4 is 11.0 Å². The minimum atomic E-state index is 0.657. The lowest BCUT2D eigenvalue weighted by Crippen LogP contribution is -2.35. The van der Waals surface area contributed by atoms with Gasteiger partial charge in [-0.15, -0.1) is 0 Å². The van der Waals surface area contributed by atoms with Gasteiger partial charge in [0, 0.05) is 37.7 Å². The van der Waals surface area contributed by atoms with Crippen LogP contribution in [0, 0.1) is 0 Å². The molecule has 0 N–H and O–H groups in total. The summed E-state index contributed by atoms with van der Waals surface area (Å²) in [5, 5.41) is 0. The highest BCUT2D eigenvalue weighted by atomic mass is 16.3. The van der Waals surface area contributed by atoms with Crippen LogP contribution in [0.5, 0.6) is 0 Å². The predicted molar refractivity (Wildman–Crippen MR) is 97.1 cm³/mol. The zero-order valence-corrected chi connectivity index (χ0v) is 14.5. The van der Waals surface area contributed by atoms with Gasteiger partial charge in [-0.2, -0.15) is 0 Å². The first kappa shape index (κ1) is 15.5. The van der Waals surface area contributed by atoms with Gasteiger partial charge in [-0.25, -0.2) is 4.98 Å². The lowest BCUT2D eigenvalue weighted by Gasteiger charge is -2.27. The number of benzene rings is 1. The summed E-state index contributed by atoms with van der Waals surface area (Å²) in [5.41, 5.74) is 3.44. The van der Waals surface area contributed by atoms with Gasteiger partial charge in [0.2, 0.25) is 0 Å². The van der Waals surface area contributed by atoms with Crippen LogP contribution in [0.4, 0.5) is 0 Å². The van der Waals surface area contributed by atoms with Gasteiger partial charge in [0.15, 0.2) is 0 Å². The van der Waals surface area contributed by atoms with Crippen LogP contribution in [-0.2, 0) is 13.0 Å². The molecule has 1 atom stereocenters. The average molecular weight is 323 g/mol. The molecule has 1 aromatic carbocycles. The van der Waals surface area contributed by atoms with E-state index >= 15 is 0 Å². The number of rotatable bonds is 4. The molecule has 0 saturated carbocycles. The highest BCUT2D eigenvalue weighted by molar-refractivity contribution is 5.81. The third-order valence-electron chi connectivity index (χ3n) is 5.20. The minimum Gasteiger partial charge on any atom is -0.464 e. The second-order valence-corrected chi connectivity index (χ2v) is 6.78. The Morgan fingerprint density at radius 3 is 2.92 bits per heavy atom. The number of imidazole rings is 1. The molecule has 0 bridgehead atoms. The largest absolute Gasteiger partial charge is 0.464 e. The lowest BCUT2D eigenvalue weighted by atomic mass is 10.1. The van der Waals surface area contributed by atoms with E-state index in [0.29, 0.717) is 6.04 Å². The molecular weight excluding hydrogens is 298 g/mol. The molecule has 2 aromatic heterocycles. The summed E-state index contributed by atoms with van der Waals surface area (Å²) in [5.74, 6) is 2.13. The standard InChI is InChI=1S/C20H25N3O/c1-3-5-15(2)22-10-9-20-21-17-8-7-16(19-6-4-13-24-19)14-18(17)23(20)12-11-22/h4,6-8,13-15H,3,5,9-12H2,1-2H3. The molecule has 0 amide bonds. The van der Waals surface area contributed by atoms with E-state index in [4.69, 9.17) is 9.40 Å². The van der Waals surface area contributed by atoms with Gasteiger partial charge >= 0.3 is 0 Å². The van der Waals surface area contributed by atoms with Gasteiger partial charge in [0.05, 0.1) is 17.3 Å². The van der Waals surface area contributed by atoms with Crippen LogP contribution in [0.2, 0.25) is 0 Å². The minimum absolute atomic E-state index is 0.657. The van der Waals surface area contributed by atoms with Crippen molar-refractivity contribution in [2.75, 3.05) is 13.1 Å². The molecule has 1 unspecified atom stereocenters. The van der Waals surface area contributed by atoms with E-state index < -0.39 is 0 Å². The fourth-order valence-corrected chi connectivity index (χ4v) is 3.83. The topological polar surface area (TPSA) is 34.2 Å². The number of aromatic nitrogens is 2. The normalized spacial score (nSPS) is 16.9. The number of hydrogen-bond acceptors (Lipinski definition) is 3. The molecule has 0 aliphatic carbocycles. The Bertz CT molecular complexity index is 819. The van der Waals surface area contributed by atoms with Gasteiger partial charge in [-0.3, -0.25) is 4.90 Å². The summed E-state index contributed by atoms with van der Waals surface area (Å²) in [6.07, 6.45) is 5.27. The van der Waals surface area contributed by atoms with E-state index in [9.17, 15) is 0 Å². The Morgan fingerprint density at radius 1 is 1.21 bits per heavy atom. The highest BCUT2D eigenvalue weighted by Crippen LogP contribution is 2.27. The van der Waals surface area contributed by atoms with Crippen LogP contribution < -0.4 is 0 Å². The van der Waals surface area contributed by atoms with Crippen molar-refractivity contribution in [3.63, 3.8) is 0 Å². The van der Waals surface area contributed by atoms with Crippen LogP contribution in [0.15, 0.2) is 41.0 Å². The van der Waals surface area contributed by atoms with Crippen molar-refractivity contribution in [3.05, 3.63) is 42.4 Å². The average Bonchev–Trinajstić information content (AvgIpc) is 3.18. The number of furan rings is 1. The van der Waals surface area contributed by atoms with E-state index in [1.165, 1.54) is 24.2 Å². The molecule has 24 heavy (non-hydrogen) atoms. The summed E-state index contributed by atoms with van der Waals surface area (Å²) in [4.78, 5) is 7.49. The van der Waals surface area contributed by atoms with E-state index in [0.717, 1.165) is 42.9 Å². The zero-order valence-electron chi connectivity index (χ0n) is 14.5. The van der Waals surface area contributed by atoms with Crippen LogP contribution >= 0.6 is 0 Å². The van der Waals surface area contributed by atoms with E-state index in [1.54, 1.807) is 6.26 Å². The molecule has 4 rings (SSSR count). The SMILES string of the molecule is CCCC(C)N1CCc2nc3ccc(-c4ccco4)cc3n2CC1. The van der Waals surface area contributed by atoms with Crippen molar-refractivity contribution in [3.8, 4) is 11.3 Å². The highest BCUT2D eigenvalue weighted by Gasteiger charge is 2.20. The van der Waals surface area contributed by atoms with E-state index in [-0.39, 0.29) is 0 Å². The summed E-state index contributed by atoms with van der Waals surface area (Å²) in [6.45, 7) is 7.84. The van der Waals surface area contributed by atoms with Gasteiger partial charge < -0.3 is 8.98 Å². The van der Waals surface area contributed by atoms with Crippen molar-refractivity contribution in [1.82, 2.24) is 14.5 Å². The van der Waals surface area contributed by atoms with Gasteiger partial charge in [0.25, 0.3) is 0 Å². The van der Waals surface area contributed by atoms with Crippen LogP contribution in [0.25, 0.3) is 22.4 Å². The first-order chi connectivity index (χ1) is 11.8. The van der Waals surface area contributed by atoms with Crippen molar-refractivity contribution in [2.24, 2.45) is 0 Å². The number of nitrogens with zero attached hydrogens (tertiary/aromatic N) is 3. The quantitative estimate of drug-likeness (QED) is 0.716. The molecule has 3 heterocycles. The maximum atomic E-state index is 5.55. The first-order valence-corrected chi connectivity index (χ1v) is 9.03. The molecule has 0 fully saturated rings. The first-order valence-electron chi connectivity index (χ1n) is 9.03. The van der Waals surface area contributed by atoms with Gasteiger partial charge in [-0.05, 0) is 43.7 Å². The molecule has 126 valence electrons. The Labute approximate surface area is 143 Å². The second kappa shape index (κ2) is 6.44. The smallest absolute Gasteiger partial charge is 0.133 e. The Kier molecular flexibility index (Phi) is 4.15. The predicted octanol–water partition coefficient (Wildman–Crippen LogP) is 4.34. The molecule has 1 aliphatic rings. The van der Waals surface area contributed by atoms with E-state index in [1.807, 2.05) is 12.1 Å². The molecular formula is C20H25N3O. The Balaban J connectivity index is 1.65. The monoisotopic (exact) mass is 323 g/mol. The molecule has 0 spiro atoms. The van der Waals surface area contributed by atoms with E-state index in [2.05, 4.69) is 41.5 Å². The number of hydrogen-bond donors (Lipinski definition) is 0. The van der Waals surface area contributed by atoms with Crippen molar-refractivity contribution < 1.29 is 4.42 Å². The summed E-state index contributed by atoms with van der Waals surface area (Å²) >= 11 is 0. The molecule has 0 saturated heterocycles. The zero-order chi connectivity index (χ0) is 16.5. The van der Waals surface area contributed by atoms with Crippen molar-refractivity contribution in [2.45, 2.75) is 45.7 Å². The molecule has 4 nitrogen and oxygen atoms in total. The van der Waals surface area contributed by atoms with Crippen LogP contribution in [0.3, 0.4) is 0 Å². The van der Waals surface area contributed by atoms with Gasteiger partial charge in [-0.1, -0.05) is 13.3 Å². The fourth-order valence-electron chi connectivity index (χ4n) is 3.83.